The maximum atomic E-state index is 12.5. The van der Waals surface area contributed by atoms with Crippen molar-refractivity contribution in [2.45, 2.75) is 13.5 Å². The van der Waals surface area contributed by atoms with Crippen LogP contribution in [0.4, 0.5) is 5.69 Å². The molecule has 0 saturated carbocycles. The molecule has 0 saturated heterocycles. The lowest BCUT2D eigenvalue weighted by atomic mass is 10.2. The quantitative estimate of drug-likeness (QED) is 0.771. The Kier molecular flexibility index (Phi) is 6.17. The first-order chi connectivity index (χ1) is 11.4. The molecule has 5 heteroatoms. The Balaban J connectivity index is 2.13. The van der Waals surface area contributed by atoms with Gasteiger partial charge < -0.3 is 4.90 Å². The number of anilines is 1. The van der Waals surface area contributed by atoms with Gasteiger partial charge in [-0.25, -0.2) is 8.42 Å². The van der Waals surface area contributed by atoms with Crippen LogP contribution in [0.25, 0.3) is 6.08 Å². The molecule has 2 aromatic rings. The third-order valence-corrected chi connectivity index (χ3v) is 5.34. The summed E-state index contributed by atoms with van der Waals surface area (Å²) in [5, 5.41) is 1.28. The molecule has 0 fully saturated rings. The van der Waals surface area contributed by atoms with Crippen LogP contribution in [0, 0.1) is 0 Å². The number of hydrogen-bond donors (Lipinski definition) is 0. The maximum Gasteiger partial charge on any atom is 0.236 e. The van der Waals surface area contributed by atoms with Gasteiger partial charge in [0.1, 0.15) is 0 Å². The summed E-state index contributed by atoms with van der Waals surface area (Å²) in [4.78, 5) is 2.01. The van der Waals surface area contributed by atoms with Crippen molar-refractivity contribution >= 4 is 21.8 Å². The molecule has 0 aliphatic carbocycles. The van der Waals surface area contributed by atoms with Crippen LogP contribution in [0.15, 0.2) is 60.0 Å². The second kappa shape index (κ2) is 8.13. The maximum absolute atomic E-state index is 12.5. The molecule has 128 valence electrons. The van der Waals surface area contributed by atoms with Crippen molar-refractivity contribution in [2.75, 3.05) is 25.5 Å². The lowest BCUT2D eigenvalue weighted by Crippen LogP contribution is -2.28. The molecular weight excluding hydrogens is 320 g/mol. The van der Waals surface area contributed by atoms with Crippen molar-refractivity contribution in [1.29, 1.82) is 0 Å². The second-order valence-electron chi connectivity index (χ2n) is 5.75. The molecule has 0 spiro atoms. The lowest BCUT2D eigenvalue weighted by Gasteiger charge is -2.19. The van der Waals surface area contributed by atoms with Crippen LogP contribution in [0.2, 0.25) is 0 Å². The highest BCUT2D eigenvalue weighted by Gasteiger charge is 2.17. The van der Waals surface area contributed by atoms with Crippen LogP contribution < -0.4 is 4.90 Å². The van der Waals surface area contributed by atoms with E-state index in [4.69, 9.17) is 0 Å². The van der Waals surface area contributed by atoms with E-state index >= 15 is 0 Å². The average Bonchev–Trinajstić information content (AvgIpc) is 2.59. The highest BCUT2D eigenvalue weighted by atomic mass is 32.2. The number of hydrogen-bond acceptors (Lipinski definition) is 3. The SMILES string of the molecule is CCN(Cc1ccc(N(C)C)cc1)S(=O)(=O)C=Cc1ccccc1. The normalized spacial score (nSPS) is 12.0. The van der Waals surface area contributed by atoms with E-state index in [0.717, 1.165) is 16.8 Å². The molecule has 0 aliphatic rings. The minimum atomic E-state index is -3.45. The van der Waals surface area contributed by atoms with Gasteiger partial charge in [0, 0.05) is 38.3 Å². The Bertz CT molecular complexity index is 767. The van der Waals surface area contributed by atoms with E-state index in [1.807, 2.05) is 80.5 Å². The molecule has 0 bridgehead atoms. The smallest absolute Gasteiger partial charge is 0.236 e. The Morgan fingerprint density at radius 2 is 1.58 bits per heavy atom. The minimum absolute atomic E-state index is 0.367. The van der Waals surface area contributed by atoms with E-state index in [1.165, 1.54) is 9.71 Å². The summed E-state index contributed by atoms with van der Waals surface area (Å²) < 4.78 is 26.6. The molecular formula is C19H24N2O2S. The first-order valence-electron chi connectivity index (χ1n) is 7.92. The average molecular weight is 344 g/mol. The third kappa shape index (κ3) is 4.94. The molecule has 0 radical (unpaired) electrons. The van der Waals surface area contributed by atoms with Crippen LogP contribution in [0.1, 0.15) is 18.1 Å². The molecule has 0 heterocycles. The summed E-state index contributed by atoms with van der Waals surface area (Å²) >= 11 is 0. The Morgan fingerprint density at radius 3 is 2.12 bits per heavy atom. The summed E-state index contributed by atoms with van der Waals surface area (Å²) in [6.45, 7) is 2.64. The predicted octanol–water partition coefficient (Wildman–Crippen LogP) is 3.58. The van der Waals surface area contributed by atoms with Crippen molar-refractivity contribution in [3.63, 3.8) is 0 Å². The zero-order valence-corrected chi connectivity index (χ0v) is 15.2. The zero-order valence-electron chi connectivity index (χ0n) is 14.4. The highest BCUT2D eigenvalue weighted by molar-refractivity contribution is 7.92. The molecule has 0 aliphatic heterocycles. The number of rotatable bonds is 7. The Labute approximate surface area is 145 Å². The van der Waals surface area contributed by atoms with Gasteiger partial charge in [0.15, 0.2) is 0 Å². The van der Waals surface area contributed by atoms with Gasteiger partial charge in [0.05, 0.1) is 0 Å². The van der Waals surface area contributed by atoms with Crippen molar-refractivity contribution in [1.82, 2.24) is 4.31 Å². The molecule has 0 N–H and O–H groups in total. The molecule has 2 aromatic carbocycles. The van der Waals surface area contributed by atoms with E-state index in [0.29, 0.717) is 13.1 Å². The molecule has 24 heavy (non-hydrogen) atoms. The Morgan fingerprint density at radius 1 is 0.958 bits per heavy atom. The molecule has 4 nitrogen and oxygen atoms in total. The van der Waals surface area contributed by atoms with Gasteiger partial charge in [-0.2, -0.15) is 4.31 Å². The highest BCUT2D eigenvalue weighted by Crippen LogP contribution is 2.16. The fourth-order valence-corrected chi connectivity index (χ4v) is 3.49. The Hall–Kier alpha value is -2.11. The summed E-state index contributed by atoms with van der Waals surface area (Å²) in [6, 6.07) is 17.4. The van der Waals surface area contributed by atoms with Crippen molar-refractivity contribution in [3.8, 4) is 0 Å². The van der Waals surface area contributed by atoms with E-state index in [-0.39, 0.29) is 0 Å². The van der Waals surface area contributed by atoms with Gasteiger partial charge in [0.25, 0.3) is 0 Å². The minimum Gasteiger partial charge on any atom is -0.378 e. The molecule has 0 unspecified atom stereocenters. The molecule has 0 amide bonds. The summed E-state index contributed by atoms with van der Waals surface area (Å²) in [5.74, 6) is 0. The van der Waals surface area contributed by atoms with Gasteiger partial charge in [-0.1, -0.05) is 49.4 Å². The van der Waals surface area contributed by atoms with Crippen molar-refractivity contribution < 1.29 is 8.42 Å². The van der Waals surface area contributed by atoms with Crippen molar-refractivity contribution in [2.24, 2.45) is 0 Å². The molecule has 0 atom stereocenters. The van der Waals surface area contributed by atoms with Crippen LogP contribution in [-0.2, 0) is 16.6 Å². The predicted molar refractivity (Wildman–Crippen MR) is 101 cm³/mol. The van der Waals surface area contributed by atoms with E-state index < -0.39 is 10.0 Å². The standard InChI is InChI=1S/C19H24N2O2S/c1-4-21(16-18-10-12-19(13-11-18)20(2)3)24(22,23)15-14-17-8-6-5-7-9-17/h5-15H,4,16H2,1-3H3. The summed E-state index contributed by atoms with van der Waals surface area (Å²) in [7, 11) is 0.504. The largest absolute Gasteiger partial charge is 0.378 e. The van der Waals surface area contributed by atoms with Gasteiger partial charge >= 0.3 is 0 Å². The topological polar surface area (TPSA) is 40.6 Å². The van der Waals surface area contributed by atoms with Crippen LogP contribution in [0.5, 0.6) is 0 Å². The first kappa shape index (κ1) is 18.2. The van der Waals surface area contributed by atoms with Crippen molar-refractivity contribution in [3.05, 3.63) is 71.1 Å². The molecule has 0 aromatic heterocycles. The number of sulfonamides is 1. The van der Waals surface area contributed by atoms with Gasteiger partial charge in [-0.15, -0.1) is 0 Å². The van der Waals surface area contributed by atoms with Crippen LogP contribution in [0.3, 0.4) is 0 Å². The van der Waals surface area contributed by atoms with E-state index in [9.17, 15) is 8.42 Å². The summed E-state index contributed by atoms with van der Waals surface area (Å²) in [5.41, 5.74) is 2.93. The van der Waals surface area contributed by atoms with Crippen LogP contribution in [-0.4, -0.2) is 33.4 Å². The number of nitrogens with zero attached hydrogens (tertiary/aromatic N) is 2. The first-order valence-corrected chi connectivity index (χ1v) is 9.42. The fourth-order valence-electron chi connectivity index (χ4n) is 2.30. The molecule has 2 rings (SSSR count). The van der Waals surface area contributed by atoms with Gasteiger partial charge in [-0.3, -0.25) is 0 Å². The monoisotopic (exact) mass is 344 g/mol. The number of benzene rings is 2. The lowest BCUT2D eigenvalue weighted by molar-refractivity contribution is 0.430. The van der Waals surface area contributed by atoms with Gasteiger partial charge in [-0.05, 0) is 29.3 Å². The van der Waals surface area contributed by atoms with Crippen LogP contribution >= 0.6 is 0 Å². The van der Waals surface area contributed by atoms with Gasteiger partial charge in [0.2, 0.25) is 10.0 Å². The second-order valence-corrected chi connectivity index (χ2v) is 7.56. The van der Waals surface area contributed by atoms with E-state index in [1.54, 1.807) is 6.08 Å². The third-order valence-electron chi connectivity index (χ3n) is 3.76. The zero-order chi connectivity index (χ0) is 17.6. The summed E-state index contributed by atoms with van der Waals surface area (Å²) in [6.07, 6.45) is 1.63. The fraction of sp³-hybridized carbons (Fsp3) is 0.263. The van der Waals surface area contributed by atoms with E-state index in [2.05, 4.69) is 0 Å².